The molecule has 14 rings (SSSR count). The van der Waals surface area contributed by atoms with E-state index in [9.17, 15) is 36.7 Å². The molecule has 0 radical (unpaired) electrons. The SMILES string of the molecule is CC12CC3CC(C)(C1)CC(CC(=O)Nc1cccc4c(=O)n(Cc5ccc(F)cc5F)ccc14)(C3)C2.CC12CC3CC(C)(C1)CC(CC(=O)Nc1cccc4c1CCN(Cc1ccc(F)cc1F)C4=O)(C3)C2. The van der Waals surface area contributed by atoms with Crippen molar-refractivity contribution in [2.75, 3.05) is 17.2 Å². The van der Waals surface area contributed by atoms with Crippen LogP contribution in [0.1, 0.15) is 145 Å². The van der Waals surface area contributed by atoms with Crippen LogP contribution in [0.2, 0.25) is 0 Å². The first-order chi connectivity index (χ1) is 34.1. The molecule has 12 heteroatoms. The van der Waals surface area contributed by atoms with Crippen LogP contribution in [0.5, 0.6) is 0 Å². The Bertz CT molecular complexity index is 3080. The minimum Gasteiger partial charge on any atom is -0.334 e. The van der Waals surface area contributed by atoms with E-state index in [-0.39, 0.29) is 58.3 Å². The van der Waals surface area contributed by atoms with Gasteiger partial charge < -0.3 is 20.1 Å². The minimum absolute atomic E-state index is 0.00129. The predicted octanol–water partition coefficient (Wildman–Crippen LogP) is 13.1. The molecule has 9 aliphatic rings. The van der Waals surface area contributed by atoms with Gasteiger partial charge in [0.1, 0.15) is 23.3 Å². The van der Waals surface area contributed by atoms with E-state index in [4.69, 9.17) is 0 Å². The number of anilines is 2. The van der Waals surface area contributed by atoms with Crippen LogP contribution < -0.4 is 16.2 Å². The molecule has 3 amide bonds. The average Bonchev–Trinajstić information content (AvgIpc) is 3.25. The van der Waals surface area contributed by atoms with E-state index in [0.29, 0.717) is 75.2 Å². The molecule has 4 unspecified atom stereocenters. The van der Waals surface area contributed by atoms with Crippen molar-refractivity contribution in [1.82, 2.24) is 9.47 Å². The van der Waals surface area contributed by atoms with Crippen LogP contribution in [0.25, 0.3) is 10.8 Å². The highest BCUT2D eigenvalue weighted by Gasteiger charge is 2.61. The van der Waals surface area contributed by atoms with Crippen molar-refractivity contribution >= 4 is 39.9 Å². The van der Waals surface area contributed by atoms with Crippen molar-refractivity contribution < 1.29 is 31.9 Å². The predicted molar refractivity (Wildman–Crippen MR) is 271 cm³/mol. The zero-order valence-corrected chi connectivity index (χ0v) is 42.0. The number of hydrogen-bond acceptors (Lipinski definition) is 4. The molecule has 8 bridgehead atoms. The molecule has 4 atom stereocenters. The third kappa shape index (κ3) is 9.29. The highest BCUT2D eigenvalue weighted by atomic mass is 19.1. The third-order valence-corrected chi connectivity index (χ3v) is 18.2. The van der Waals surface area contributed by atoms with E-state index in [0.717, 1.165) is 68.1 Å². The van der Waals surface area contributed by atoms with Gasteiger partial charge in [0.15, 0.2) is 0 Å². The lowest BCUT2D eigenvalue weighted by Gasteiger charge is -2.65. The molecule has 1 aliphatic heterocycles. The number of rotatable bonds is 10. The van der Waals surface area contributed by atoms with Crippen molar-refractivity contribution in [2.45, 2.75) is 137 Å². The Balaban J connectivity index is 0.000000156. The molecule has 378 valence electrons. The van der Waals surface area contributed by atoms with Gasteiger partial charge in [-0.1, -0.05) is 52.0 Å². The van der Waals surface area contributed by atoms with Gasteiger partial charge in [0, 0.05) is 83.1 Å². The minimum atomic E-state index is -0.685. The summed E-state index contributed by atoms with van der Waals surface area (Å²) in [6.45, 7) is 10.2. The van der Waals surface area contributed by atoms with Gasteiger partial charge in [-0.25, -0.2) is 17.6 Å². The summed E-state index contributed by atoms with van der Waals surface area (Å²) in [6.07, 6.45) is 17.8. The number of pyridine rings is 1. The van der Waals surface area contributed by atoms with Crippen LogP contribution in [-0.4, -0.2) is 33.7 Å². The number of carbonyl (C=O) groups is 3. The number of halogens is 4. The van der Waals surface area contributed by atoms with Crippen molar-refractivity contribution in [2.24, 2.45) is 44.3 Å². The summed E-state index contributed by atoms with van der Waals surface area (Å²) >= 11 is 0. The van der Waals surface area contributed by atoms with Gasteiger partial charge in [-0.3, -0.25) is 19.2 Å². The molecule has 5 aromatic rings. The quantitative estimate of drug-likeness (QED) is 0.136. The maximum Gasteiger partial charge on any atom is 0.258 e. The van der Waals surface area contributed by atoms with Crippen LogP contribution in [0.15, 0.2) is 89.9 Å². The fourth-order valence-electron chi connectivity index (χ4n) is 17.9. The highest BCUT2D eigenvalue weighted by molar-refractivity contribution is 6.02. The first-order valence-electron chi connectivity index (χ1n) is 26.1. The normalized spacial score (nSPS) is 31.6. The molecule has 2 N–H and O–H groups in total. The fourth-order valence-corrected chi connectivity index (χ4v) is 17.9. The number of hydrogen-bond donors (Lipinski definition) is 2. The number of fused-ring (bicyclic) bond motifs is 2. The zero-order valence-electron chi connectivity index (χ0n) is 42.0. The van der Waals surface area contributed by atoms with Crippen LogP contribution in [0, 0.1) is 67.6 Å². The first-order valence-corrected chi connectivity index (χ1v) is 26.1. The van der Waals surface area contributed by atoms with Crippen LogP contribution in [0.4, 0.5) is 28.9 Å². The molecular formula is C60H66F4N4O4. The Morgan fingerprint density at radius 1 is 0.583 bits per heavy atom. The van der Waals surface area contributed by atoms with Gasteiger partial charge >= 0.3 is 0 Å². The summed E-state index contributed by atoms with van der Waals surface area (Å²) in [7, 11) is 0. The summed E-state index contributed by atoms with van der Waals surface area (Å²) in [5.74, 6) is -1.30. The van der Waals surface area contributed by atoms with Gasteiger partial charge in [-0.15, -0.1) is 0 Å². The Hall–Kier alpha value is -5.78. The maximum absolute atomic E-state index is 14.2. The topological polar surface area (TPSA) is 101 Å². The average molecular weight is 983 g/mol. The Kier molecular flexibility index (Phi) is 11.7. The standard InChI is InChI=1S/C30H34F2N2O2.C30H32F2N2O2/c2*1-28-11-19-12-29(2,16-28)18-30(13-19,17-28)14-26(35)33-25-5-3-4-23-22(25)8-9-34(27(23)36)15-20-6-7-21(31)10-24(20)32/h3-7,10,19H,8-9,11-18H2,1-2H3,(H,33,35);3-10,19H,11-18H2,1-2H3,(H,33,35). The van der Waals surface area contributed by atoms with E-state index >= 15 is 0 Å². The number of amides is 3. The van der Waals surface area contributed by atoms with Gasteiger partial charge in [0.05, 0.1) is 6.54 Å². The first kappa shape index (κ1) is 48.5. The lowest BCUT2D eigenvalue weighted by atomic mass is 9.40. The van der Waals surface area contributed by atoms with Gasteiger partial charge in [0.25, 0.3) is 11.5 Å². The van der Waals surface area contributed by atoms with Gasteiger partial charge in [0.2, 0.25) is 11.8 Å². The molecule has 8 fully saturated rings. The van der Waals surface area contributed by atoms with E-state index in [1.165, 1.54) is 67.4 Å². The van der Waals surface area contributed by atoms with Crippen molar-refractivity contribution in [1.29, 1.82) is 0 Å². The van der Waals surface area contributed by atoms with Crippen molar-refractivity contribution in [3.05, 3.63) is 141 Å². The molecule has 4 aromatic carbocycles. The second-order valence-corrected chi connectivity index (χ2v) is 25.5. The molecule has 0 spiro atoms. The molecular weight excluding hydrogens is 917 g/mol. The fraction of sp³-hybridized carbons (Fsp3) is 0.500. The summed E-state index contributed by atoms with van der Waals surface area (Å²) in [4.78, 5) is 54.7. The Morgan fingerprint density at radius 3 is 1.61 bits per heavy atom. The largest absolute Gasteiger partial charge is 0.334 e. The number of benzene rings is 4. The summed E-state index contributed by atoms with van der Waals surface area (Å²) in [5.41, 5.74) is 4.54. The van der Waals surface area contributed by atoms with Gasteiger partial charge in [-0.2, -0.15) is 0 Å². The number of carbonyl (C=O) groups excluding carboxylic acids is 3. The lowest BCUT2D eigenvalue weighted by molar-refractivity contribution is -0.154. The number of aromatic nitrogens is 1. The summed E-state index contributed by atoms with van der Waals surface area (Å²) in [6, 6.07) is 19.3. The zero-order chi connectivity index (χ0) is 50.6. The second kappa shape index (κ2) is 17.4. The highest BCUT2D eigenvalue weighted by Crippen LogP contribution is 2.71. The van der Waals surface area contributed by atoms with Crippen LogP contribution in [-0.2, 0) is 29.1 Å². The monoisotopic (exact) mass is 983 g/mol. The van der Waals surface area contributed by atoms with Crippen molar-refractivity contribution in [3.63, 3.8) is 0 Å². The molecule has 1 aromatic heterocycles. The third-order valence-electron chi connectivity index (χ3n) is 18.2. The second-order valence-electron chi connectivity index (χ2n) is 25.5. The number of nitrogens with one attached hydrogen (secondary N) is 2. The molecule has 2 heterocycles. The summed E-state index contributed by atoms with van der Waals surface area (Å²) < 4.78 is 56.2. The smallest absolute Gasteiger partial charge is 0.258 e. The Morgan fingerprint density at radius 2 is 1.08 bits per heavy atom. The molecule has 8 saturated carbocycles. The lowest BCUT2D eigenvalue weighted by Crippen LogP contribution is -2.55. The molecule has 72 heavy (non-hydrogen) atoms. The number of nitrogens with zero attached hydrogens (tertiary/aromatic N) is 2. The Labute approximate surface area is 419 Å². The maximum atomic E-state index is 14.2. The van der Waals surface area contributed by atoms with E-state index in [1.807, 2.05) is 12.1 Å². The van der Waals surface area contributed by atoms with E-state index < -0.39 is 23.3 Å². The molecule has 8 nitrogen and oxygen atoms in total. The molecule has 8 aliphatic carbocycles. The van der Waals surface area contributed by atoms with Crippen molar-refractivity contribution in [3.8, 4) is 0 Å². The van der Waals surface area contributed by atoms with Crippen LogP contribution in [0.3, 0.4) is 0 Å². The van der Waals surface area contributed by atoms with Gasteiger partial charge in [-0.05, 0) is 176 Å². The summed E-state index contributed by atoms with van der Waals surface area (Å²) in [5, 5.41) is 7.38. The van der Waals surface area contributed by atoms with E-state index in [2.05, 4.69) is 38.3 Å². The van der Waals surface area contributed by atoms with E-state index in [1.54, 1.807) is 41.4 Å². The molecule has 0 saturated heterocycles. The van der Waals surface area contributed by atoms with Crippen LogP contribution >= 0.6 is 0 Å².